The molecular weight excluding hydrogens is 314 g/mol. The monoisotopic (exact) mass is 339 g/mol. The van der Waals surface area contributed by atoms with Crippen molar-refractivity contribution < 1.29 is 9.53 Å². The molecule has 0 aromatic heterocycles. The standard InChI is InChI=1S/C20H25N3O2/c1-25-19-8-4-3-7-16(19)15-21-20(24)22-17-9-11-18(12-10-17)23-13-5-2-6-14-23/h3-4,7-12H,2,5-6,13-15H2,1H3,(H2,21,22,24). The number of rotatable bonds is 5. The molecule has 0 unspecified atom stereocenters. The third-order valence-electron chi connectivity index (χ3n) is 4.48. The van der Waals surface area contributed by atoms with Crippen LogP contribution >= 0.6 is 0 Å². The first-order chi connectivity index (χ1) is 12.3. The van der Waals surface area contributed by atoms with Crippen molar-refractivity contribution in [3.8, 4) is 5.75 Å². The number of nitrogens with zero attached hydrogens (tertiary/aromatic N) is 1. The van der Waals surface area contributed by atoms with Gasteiger partial charge in [0.05, 0.1) is 7.11 Å². The van der Waals surface area contributed by atoms with Gasteiger partial charge in [0.1, 0.15) is 5.75 Å². The first-order valence-electron chi connectivity index (χ1n) is 8.78. The fraction of sp³-hybridized carbons (Fsp3) is 0.350. The van der Waals surface area contributed by atoms with Gasteiger partial charge in [0.15, 0.2) is 0 Å². The van der Waals surface area contributed by atoms with E-state index in [1.165, 1.54) is 24.9 Å². The number of para-hydroxylation sites is 1. The molecule has 0 bridgehead atoms. The van der Waals surface area contributed by atoms with E-state index in [0.717, 1.165) is 30.1 Å². The van der Waals surface area contributed by atoms with Crippen molar-refractivity contribution in [2.24, 2.45) is 0 Å². The zero-order valence-electron chi connectivity index (χ0n) is 14.6. The molecule has 1 aliphatic heterocycles. The maximum absolute atomic E-state index is 12.1. The number of urea groups is 1. The van der Waals surface area contributed by atoms with E-state index in [1.54, 1.807) is 7.11 Å². The van der Waals surface area contributed by atoms with E-state index < -0.39 is 0 Å². The molecule has 0 radical (unpaired) electrons. The molecule has 25 heavy (non-hydrogen) atoms. The van der Waals surface area contributed by atoms with Crippen LogP contribution in [0.3, 0.4) is 0 Å². The number of amides is 2. The lowest BCUT2D eigenvalue weighted by Gasteiger charge is -2.28. The van der Waals surface area contributed by atoms with Crippen molar-refractivity contribution in [1.82, 2.24) is 5.32 Å². The number of piperidine rings is 1. The van der Waals surface area contributed by atoms with Crippen LogP contribution in [0.25, 0.3) is 0 Å². The van der Waals surface area contributed by atoms with Crippen molar-refractivity contribution in [2.45, 2.75) is 25.8 Å². The number of anilines is 2. The number of carbonyl (C=O) groups excluding carboxylic acids is 1. The van der Waals surface area contributed by atoms with Gasteiger partial charge in [-0.05, 0) is 49.6 Å². The summed E-state index contributed by atoms with van der Waals surface area (Å²) in [6, 6.07) is 15.5. The number of carbonyl (C=O) groups is 1. The lowest BCUT2D eigenvalue weighted by molar-refractivity contribution is 0.251. The Morgan fingerprint density at radius 3 is 2.48 bits per heavy atom. The number of methoxy groups -OCH3 is 1. The van der Waals surface area contributed by atoms with Gasteiger partial charge in [0.2, 0.25) is 0 Å². The highest BCUT2D eigenvalue weighted by Crippen LogP contribution is 2.22. The van der Waals surface area contributed by atoms with Gasteiger partial charge in [-0.2, -0.15) is 0 Å². The van der Waals surface area contributed by atoms with Crippen molar-refractivity contribution in [2.75, 3.05) is 30.4 Å². The van der Waals surface area contributed by atoms with Gasteiger partial charge < -0.3 is 20.3 Å². The first kappa shape index (κ1) is 17.1. The van der Waals surface area contributed by atoms with E-state index in [1.807, 2.05) is 36.4 Å². The maximum atomic E-state index is 12.1. The van der Waals surface area contributed by atoms with Gasteiger partial charge in [-0.15, -0.1) is 0 Å². The Balaban J connectivity index is 1.52. The van der Waals surface area contributed by atoms with Gasteiger partial charge in [-0.3, -0.25) is 0 Å². The van der Waals surface area contributed by atoms with Crippen LogP contribution < -0.4 is 20.3 Å². The van der Waals surface area contributed by atoms with Crippen LogP contribution in [0.1, 0.15) is 24.8 Å². The van der Waals surface area contributed by atoms with Crippen molar-refractivity contribution >= 4 is 17.4 Å². The Morgan fingerprint density at radius 1 is 1.04 bits per heavy atom. The molecule has 0 atom stereocenters. The molecule has 0 spiro atoms. The molecule has 0 saturated carbocycles. The smallest absolute Gasteiger partial charge is 0.319 e. The predicted molar refractivity (Wildman–Crippen MR) is 101 cm³/mol. The van der Waals surface area contributed by atoms with Crippen molar-refractivity contribution in [3.05, 3.63) is 54.1 Å². The highest BCUT2D eigenvalue weighted by atomic mass is 16.5. The molecule has 0 aliphatic carbocycles. The Kier molecular flexibility index (Phi) is 5.77. The minimum Gasteiger partial charge on any atom is -0.496 e. The molecule has 1 heterocycles. The van der Waals surface area contributed by atoms with Gasteiger partial charge in [0, 0.05) is 36.6 Å². The zero-order chi connectivity index (χ0) is 17.5. The summed E-state index contributed by atoms with van der Waals surface area (Å²) in [5.74, 6) is 0.772. The van der Waals surface area contributed by atoms with E-state index in [-0.39, 0.29) is 6.03 Å². The predicted octanol–water partition coefficient (Wildman–Crippen LogP) is 4.01. The summed E-state index contributed by atoms with van der Waals surface area (Å²) in [5, 5.41) is 5.73. The molecule has 5 heteroatoms. The third kappa shape index (κ3) is 4.66. The molecule has 2 aromatic carbocycles. The summed E-state index contributed by atoms with van der Waals surface area (Å²) in [4.78, 5) is 14.5. The van der Waals surface area contributed by atoms with Gasteiger partial charge in [-0.1, -0.05) is 18.2 Å². The highest BCUT2D eigenvalue weighted by molar-refractivity contribution is 5.89. The van der Waals surface area contributed by atoms with Gasteiger partial charge in [-0.25, -0.2) is 4.79 Å². The average molecular weight is 339 g/mol. The maximum Gasteiger partial charge on any atom is 0.319 e. The Bertz CT molecular complexity index is 694. The quantitative estimate of drug-likeness (QED) is 0.865. The number of ether oxygens (including phenoxy) is 1. The van der Waals surface area contributed by atoms with Crippen LogP contribution in [-0.2, 0) is 6.54 Å². The number of hydrogen-bond donors (Lipinski definition) is 2. The number of hydrogen-bond acceptors (Lipinski definition) is 3. The fourth-order valence-electron chi connectivity index (χ4n) is 3.11. The molecule has 1 saturated heterocycles. The normalized spacial score (nSPS) is 14.0. The summed E-state index contributed by atoms with van der Waals surface area (Å²) in [6.07, 6.45) is 3.83. The Labute approximate surface area is 149 Å². The first-order valence-corrected chi connectivity index (χ1v) is 8.78. The van der Waals surface area contributed by atoms with Crippen LogP contribution in [0, 0.1) is 0 Å². The van der Waals surface area contributed by atoms with Crippen LogP contribution in [0.5, 0.6) is 5.75 Å². The second-order valence-corrected chi connectivity index (χ2v) is 6.21. The lowest BCUT2D eigenvalue weighted by Crippen LogP contribution is -2.29. The van der Waals surface area contributed by atoms with Crippen LogP contribution in [-0.4, -0.2) is 26.2 Å². The molecule has 2 amide bonds. The van der Waals surface area contributed by atoms with E-state index in [2.05, 4.69) is 27.7 Å². The minimum absolute atomic E-state index is 0.225. The summed E-state index contributed by atoms with van der Waals surface area (Å²) in [6.45, 7) is 2.65. The topological polar surface area (TPSA) is 53.6 Å². The molecule has 1 fully saturated rings. The average Bonchev–Trinajstić information content (AvgIpc) is 2.68. The van der Waals surface area contributed by atoms with Gasteiger partial charge in [0.25, 0.3) is 0 Å². The largest absolute Gasteiger partial charge is 0.496 e. The van der Waals surface area contributed by atoms with Gasteiger partial charge >= 0.3 is 6.03 Å². The second kappa shape index (κ2) is 8.42. The van der Waals surface area contributed by atoms with E-state index in [0.29, 0.717) is 6.54 Å². The SMILES string of the molecule is COc1ccccc1CNC(=O)Nc1ccc(N2CCCCC2)cc1. The van der Waals surface area contributed by atoms with Crippen molar-refractivity contribution in [3.63, 3.8) is 0 Å². The summed E-state index contributed by atoms with van der Waals surface area (Å²) >= 11 is 0. The second-order valence-electron chi connectivity index (χ2n) is 6.21. The summed E-state index contributed by atoms with van der Waals surface area (Å²) in [7, 11) is 1.63. The molecule has 2 N–H and O–H groups in total. The molecule has 3 rings (SSSR count). The number of nitrogens with one attached hydrogen (secondary N) is 2. The fourth-order valence-corrected chi connectivity index (χ4v) is 3.11. The Morgan fingerprint density at radius 2 is 1.76 bits per heavy atom. The summed E-state index contributed by atoms with van der Waals surface area (Å²) < 4.78 is 5.29. The molecule has 132 valence electrons. The summed E-state index contributed by atoms with van der Waals surface area (Å²) in [5.41, 5.74) is 2.96. The van der Waals surface area contributed by atoms with E-state index in [9.17, 15) is 4.79 Å². The van der Waals surface area contributed by atoms with Crippen LogP contribution in [0.15, 0.2) is 48.5 Å². The highest BCUT2D eigenvalue weighted by Gasteiger charge is 2.11. The number of benzene rings is 2. The molecule has 1 aliphatic rings. The lowest BCUT2D eigenvalue weighted by atomic mass is 10.1. The third-order valence-corrected chi connectivity index (χ3v) is 4.48. The Hall–Kier alpha value is -2.69. The minimum atomic E-state index is -0.225. The molecule has 5 nitrogen and oxygen atoms in total. The zero-order valence-corrected chi connectivity index (χ0v) is 14.6. The van der Waals surface area contributed by atoms with Crippen LogP contribution in [0.2, 0.25) is 0 Å². The molecular formula is C20H25N3O2. The van der Waals surface area contributed by atoms with Crippen molar-refractivity contribution in [1.29, 1.82) is 0 Å². The van der Waals surface area contributed by atoms with E-state index in [4.69, 9.17) is 4.74 Å². The van der Waals surface area contributed by atoms with E-state index >= 15 is 0 Å². The van der Waals surface area contributed by atoms with Crippen LogP contribution in [0.4, 0.5) is 16.2 Å². The molecule has 2 aromatic rings.